The molecule has 1 N–H and O–H groups in total. The molecular weight excluding hydrogens is 262 g/mol. The molecule has 0 saturated carbocycles. The van der Waals surface area contributed by atoms with Crippen LogP contribution >= 0.6 is 0 Å². The number of ether oxygens (including phenoxy) is 1. The Balaban J connectivity index is 1.91. The van der Waals surface area contributed by atoms with Crippen molar-refractivity contribution < 1.29 is 9.84 Å². The Labute approximate surface area is 126 Å². The first-order valence-electron chi connectivity index (χ1n) is 7.79. The Morgan fingerprint density at radius 3 is 2.48 bits per heavy atom. The van der Waals surface area contributed by atoms with Gasteiger partial charge in [-0.25, -0.2) is 0 Å². The van der Waals surface area contributed by atoms with Crippen LogP contribution in [0.15, 0.2) is 30.3 Å². The molecule has 1 heterocycles. The molecule has 3 heteroatoms. The third-order valence-corrected chi connectivity index (χ3v) is 4.39. The molecule has 21 heavy (non-hydrogen) atoms. The van der Waals surface area contributed by atoms with Crippen molar-refractivity contribution in [3.8, 4) is 11.5 Å². The van der Waals surface area contributed by atoms with Crippen LogP contribution in [0.3, 0.4) is 0 Å². The van der Waals surface area contributed by atoms with Gasteiger partial charge in [-0.2, -0.15) is 0 Å². The van der Waals surface area contributed by atoms with Crippen molar-refractivity contribution in [2.24, 2.45) is 0 Å². The third kappa shape index (κ3) is 2.98. The van der Waals surface area contributed by atoms with Gasteiger partial charge < -0.3 is 9.84 Å². The Kier molecular flexibility index (Phi) is 4.30. The number of fused-ring (bicyclic) bond motifs is 1. The van der Waals surface area contributed by atoms with Crippen LogP contribution < -0.4 is 4.74 Å². The fourth-order valence-corrected chi connectivity index (χ4v) is 3.20. The van der Waals surface area contributed by atoms with E-state index in [1.165, 1.54) is 25.7 Å². The summed E-state index contributed by atoms with van der Waals surface area (Å²) in [6.45, 7) is 3.10. The fraction of sp³-hybridized carbons (Fsp3) is 0.444. The molecule has 1 fully saturated rings. The Hall–Kier alpha value is -1.74. The van der Waals surface area contributed by atoms with Gasteiger partial charge in [0.1, 0.15) is 11.5 Å². The van der Waals surface area contributed by atoms with Gasteiger partial charge in [-0.1, -0.05) is 37.1 Å². The predicted octanol–water partition coefficient (Wildman–Crippen LogP) is 3.93. The second-order valence-corrected chi connectivity index (χ2v) is 5.82. The van der Waals surface area contributed by atoms with Crippen molar-refractivity contribution in [2.75, 3.05) is 20.2 Å². The molecule has 1 aliphatic rings. The number of hydrogen-bond acceptors (Lipinski definition) is 3. The van der Waals surface area contributed by atoms with Gasteiger partial charge in [-0.15, -0.1) is 0 Å². The van der Waals surface area contributed by atoms with E-state index >= 15 is 0 Å². The zero-order valence-electron chi connectivity index (χ0n) is 12.6. The third-order valence-electron chi connectivity index (χ3n) is 4.39. The number of methoxy groups -OCH3 is 1. The molecule has 2 aromatic carbocycles. The molecule has 0 bridgehead atoms. The van der Waals surface area contributed by atoms with Gasteiger partial charge in [0, 0.05) is 22.9 Å². The zero-order valence-corrected chi connectivity index (χ0v) is 12.6. The van der Waals surface area contributed by atoms with Gasteiger partial charge in [-0.3, -0.25) is 4.90 Å². The number of phenolic OH excluding ortho intramolecular Hbond substituents is 1. The Morgan fingerprint density at radius 1 is 1.00 bits per heavy atom. The van der Waals surface area contributed by atoms with Gasteiger partial charge in [0.05, 0.1) is 7.11 Å². The maximum Gasteiger partial charge on any atom is 0.128 e. The number of phenols is 1. The van der Waals surface area contributed by atoms with Gasteiger partial charge in [0.15, 0.2) is 0 Å². The first-order valence-corrected chi connectivity index (χ1v) is 7.79. The van der Waals surface area contributed by atoms with E-state index in [0.29, 0.717) is 5.75 Å². The van der Waals surface area contributed by atoms with Crippen molar-refractivity contribution in [3.63, 3.8) is 0 Å². The number of nitrogens with zero attached hydrogens (tertiary/aromatic N) is 1. The number of aromatic hydroxyl groups is 1. The molecule has 2 aromatic rings. The molecule has 1 aliphatic heterocycles. The fourth-order valence-electron chi connectivity index (χ4n) is 3.20. The molecule has 0 atom stereocenters. The molecule has 0 aliphatic carbocycles. The summed E-state index contributed by atoms with van der Waals surface area (Å²) in [6.07, 6.45) is 5.19. The van der Waals surface area contributed by atoms with Gasteiger partial charge in [-0.05, 0) is 32.0 Å². The van der Waals surface area contributed by atoms with Gasteiger partial charge >= 0.3 is 0 Å². The van der Waals surface area contributed by atoms with Crippen molar-refractivity contribution in [2.45, 2.75) is 32.2 Å². The number of likely N-dealkylation sites (tertiary alicyclic amines) is 1. The van der Waals surface area contributed by atoms with E-state index in [-0.39, 0.29) is 0 Å². The summed E-state index contributed by atoms with van der Waals surface area (Å²) < 4.78 is 5.37. The average molecular weight is 285 g/mol. The standard InChI is InChI=1S/C18H23NO2/c1-21-17-8-6-7-16-15(17)10-9-14(18(16)20)13-19-11-4-2-3-5-12-19/h6-10,20H,2-5,11-13H2,1H3. The summed E-state index contributed by atoms with van der Waals surface area (Å²) in [5.41, 5.74) is 1.01. The van der Waals surface area contributed by atoms with Crippen molar-refractivity contribution >= 4 is 10.8 Å². The van der Waals surface area contributed by atoms with Crippen LogP contribution in [-0.2, 0) is 6.54 Å². The summed E-state index contributed by atoms with van der Waals surface area (Å²) in [5.74, 6) is 1.21. The number of rotatable bonds is 3. The van der Waals surface area contributed by atoms with E-state index < -0.39 is 0 Å². The highest BCUT2D eigenvalue weighted by Crippen LogP contribution is 2.34. The lowest BCUT2D eigenvalue weighted by Crippen LogP contribution is -2.23. The average Bonchev–Trinajstić information content (AvgIpc) is 2.78. The molecule has 0 spiro atoms. The van der Waals surface area contributed by atoms with Crippen molar-refractivity contribution in [1.29, 1.82) is 0 Å². The number of hydrogen-bond donors (Lipinski definition) is 1. The van der Waals surface area contributed by atoms with E-state index in [0.717, 1.165) is 41.7 Å². The van der Waals surface area contributed by atoms with E-state index in [9.17, 15) is 5.11 Å². The highest BCUT2D eigenvalue weighted by molar-refractivity contribution is 5.93. The molecule has 1 saturated heterocycles. The van der Waals surface area contributed by atoms with Crippen LogP contribution in [0.4, 0.5) is 0 Å². The van der Waals surface area contributed by atoms with Gasteiger partial charge in [0.25, 0.3) is 0 Å². The van der Waals surface area contributed by atoms with E-state index in [4.69, 9.17) is 4.74 Å². The lowest BCUT2D eigenvalue weighted by molar-refractivity contribution is 0.273. The lowest BCUT2D eigenvalue weighted by Gasteiger charge is -2.21. The topological polar surface area (TPSA) is 32.7 Å². The molecule has 3 rings (SSSR count). The first-order chi connectivity index (χ1) is 10.3. The summed E-state index contributed by atoms with van der Waals surface area (Å²) >= 11 is 0. The number of benzene rings is 2. The minimum absolute atomic E-state index is 0.399. The second-order valence-electron chi connectivity index (χ2n) is 5.82. The first kappa shape index (κ1) is 14.2. The summed E-state index contributed by atoms with van der Waals surface area (Å²) in [4.78, 5) is 2.45. The molecule has 3 nitrogen and oxygen atoms in total. The van der Waals surface area contributed by atoms with Crippen LogP contribution in [0.1, 0.15) is 31.2 Å². The van der Waals surface area contributed by atoms with Crippen LogP contribution in [-0.4, -0.2) is 30.2 Å². The van der Waals surface area contributed by atoms with E-state index in [1.807, 2.05) is 24.3 Å². The zero-order chi connectivity index (χ0) is 14.7. The van der Waals surface area contributed by atoms with Crippen LogP contribution in [0.2, 0.25) is 0 Å². The Bertz CT molecular complexity index is 616. The lowest BCUT2D eigenvalue weighted by atomic mass is 10.0. The van der Waals surface area contributed by atoms with Crippen molar-refractivity contribution in [1.82, 2.24) is 4.90 Å². The van der Waals surface area contributed by atoms with E-state index in [2.05, 4.69) is 11.0 Å². The molecule has 0 amide bonds. The summed E-state index contributed by atoms with van der Waals surface area (Å²) in [6, 6.07) is 9.90. The maximum absolute atomic E-state index is 10.6. The summed E-state index contributed by atoms with van der Waals surface area (Å²) in [5, 5.41) is 12.4. The SMILES string of the molecule is COc1cccc2c(O)c(CN3CCCCCC3)ccc12. The van der Waals surface area contributed by atoms with Crippen molar-refractivity contribution in [3.05, 3.63) is 35.9 Å². The monoisotopic (exact) mass is 285 g/mol. The maximum atomic E-state index is 10.6. The quantitative estimate of drug-likeness (QED) is 0.927. The largest absolute Gasteiger partial charge is 0.507 e. The molecule has 0 radical (unpaired) electrons. The Morgan fingerprint density at radius 2 is 1.76 bits per heavy atom. The van der Waals surface area contributed by atoms with Gasteiger partial charge in [0.2, 0.25) is 0 Å². The smallest absolute Gasteiger partial charge is 0.128 e. The predicted molar refractivity (Wildman–Crippen MR) is 85.9 cm³/mol. The highest BCUT2D eigenvalue weighted by atomic mass is 16.5. The minimum atomic E-state index is 0.399. The van der Waals surface area contributed by atoms with Crippen LogP contribution in [0.25, 0.3) is 10.8 Å². The highest BCUT2D eigenvalue weighted by Gasteiger charge is 2.14. The molecule has 112 valence electrons. The second kappa shape index (κ2) is 6.35. The summed E-state index contributed by atoms with van der Waals surface area (Å²) in [7, 11) is 1.66. The van der Waals surface area contributed by atoms with Crippen LogP contribution in [0.5, 0.6) is 11.5 Å². The van der Waals surface area contributed by atoms with Crippen LogP contribution in [0, 0.1) is 0 Å². The molecular formula is C18H23NO2. The normalized spacial score (nSPS) is 16.8. The minimum Gasteiger partial charge on any atom is -0.507 e. The van der Waals surface area contributed by atoms with E-state index in [1.54, 1.807) is 7.11 Å². The molecule has 0 aromatic heterocycles. The molecule has 0 unspecified atom stereocenters.